The topological polar surface area (TPSA) is 98.6 Å². The van der Waals surface area contributed by atoms with Gasteiger partial charge in [-0.1, -0.05) is 11.2 Å². The molecule has 0 bridgehead atoms. The summed E-state index contributed by atoms with van der Waals surface area (Å²) in [7, 11) is 1.53. The molecule has 2 heterocycles. The molecule has 0 radical (unpaired) electrons. The van der Waals surface area contributed by atoms with Gasteiger partial charge in [0.05, 0.1) is 7.11 Å². The Balaban J connectivity index is 2.49. The Morgan fingerprint density at radius 1 is 1.53 bits per heavy atom. The number of nitrogens with zero attached hydrogens (tertiary/aromatic N) is 4. The van der Waals surface area contributed by atoms with Gasteiger partial charge in [0.25, 0.3) is 0 Å². The second-order valence-electron chi connectivity index (χ2n) is 3.14. The lowest BCUT2D eigenvalue weighted by molar-refractivity contribution is 0.318. The van der Waals surface area contributed by atoms with Crippen molar-refractivity contribution in [2.75, 3.05) is 7.11 Å². The number of pyridine rings is 1. The van der Waals surface area contributed by atoms with Crippen LogP contribution in [0.4, 0.5) is 0 Å². The third-order valence-corrected chi connectivity index (χ3v) is 2.14. The molecule has 2 rings (SSSR count). The number of imidazole rings is 1. The number of hydrogen-bond donors (Lipinski definition) is 2. The Bertz CT molecular complexity index is 549. The normalized spacial score (nSPS) is 11.5. The average Bonchev–Trinajstić information content (AvgIpc) is 2.87. The lowest BCUT2D eigenvalue weighted by atomic mass is 10.4. The number of methoxy groups -OCH3 is 1. The predicted octanol–water partition coefficient (Wildman–Crippen LogP) is 0.370. The van der Waals surface area contributed by atoms with Gasteiger partial charge in [-0.25, -0.2) is 4.98 Å². The second-order valence-corrected chi connectivity index (χ2v) is 3.14. The minimum absolute atomic E-state index is 0.0837. The molecule has 0 aliphatic heterocycles. The van der Waals surface area contributed by atoms with Gasteiger partial charge in [-0.3, -0.25) is 4.57 Å². The van der Waals surface area contributed by atoms with Crippen LogP contribution >= 0.6 is 0 Å². The van der Waals surface area contributed by atoms with Crippen LogP contribution in [0.5, 0.6) is 5.88 Å². The fraction of sp³-hybridized carbons (Fsp3) is 0.100. The lowest BCUT2D eigenvalue weighted by Crippen LogP contribution is -2.19. The summed E-state index contributed by atoms with van der Waals surface area (Å²) in [5.41, 5.74) is 5.51. The number of ether oxygens (including phenoxy) is 1. The molecule has 0 saturated heterocycles. The summed E-state index contributed by atoms with van der Waals surface area (Å²) in [6.07, 6.45) is 3.20. The highest BCUT2D eigenvalue weighted by Crippen LogP contribution is 2.12. The Labute approximate surface area is 97.2 Å². The molecule has 17 heavy (non-hydrogen) atoms. The standard InChI is InChI=1S/C10H11N5O2/c1-17-8-4-2-3-7(13-8)15-6-5-12-10(15)9(11)14-16/h2-6,16H,1H3,(H2,11,14). The SMILES string of the molecule is COc1cccc(-n2ccnc2C(N)=NO)n1. The summed E-state index contributed by atoms with van der Waals surface area (Å²) in [6, 6.07) is 5.28. The molecule has 0 spiro atoms. The largest absolute Gasteiger partial charge is 0.481 e. The lowest BCUT2D eigenvalue weighted by Gasteiger charge is -2.06. The fourth-order valence-corrected chi connectivity index (χ4v) is 1.37. The number of oxime groups is 1. The van der Waals surface area contributed by atoms with Crippen molar-refractivity contribution in [3.8, 4) is 11.7 Å². The zero-order valence-electron chi connectivity index (χ0n) is 9.11. The van der Waals surface area contributed by atoms with Gasteiger partial charge < -0.3 is 15.7 Å². The number of hydrogen-bond acceptors (Lipinski definition) is 5. The van der Waals surface area contributed by atoms with E-state index in [1.165, 1.54) is 13.3 Å². The molecule has 0 aliphatic carbocycles. The van der Waals surface area contributed by atoms with Crippen LogP contribution in [0.15, 0.2) is 35.7 Å². The molecular formula is C10H11N5O2. The van der Waals surface area contributed by atoms with Gasteiger partial charge in [0.2, 0.25) is 11.7 Å². The molecular weight excluding hydrogens is 222 g/mol. The smallest absolute Gasteiger partial charge is 0.214 e. The highest BCUT2D eigenvalue weighted by atomic mass is 16.5. The van der Waals surface area contributed by atoms with E-state index in [1.807, 2.05) is 0 Å². The highest BCUT2D eigenvalue weighted by molar-refractivity contribution is 5.94. The summed E-state index contributed by atoms with van der Waals surface area (Å²) in [4.78, 5) is 8.20. The molecule has 7 nitrogen and oxygen atoms in total. The highest BCUT2D eigenvalue weighted by Gasteiger charge is 2.10. The van der Waals surface area contributed by atoms with Crippen LogP contribution in [0.1, 0.15) is 5.82 Å². The van der Waals surface area contributed by atoms with E-state index in [0.717, 1.165) is 0 Å². The number of rotatable bonds is 3. The van der Waals surface area contributed by atoms with Crippen molar-refractivity contribution in [3.05, 3.63) is 36.4 Å². The summed E-state index contributed by atoms with van der Waals surface area (Å²) >= 11 is 0. The van der Waals surface area contributed by atoms with Crippen LogP contribution in [-0.4, -0.2) is 32.7 Å². The van der Waals surface area contributed by atoms with Gasteiger partial charge in [0.15, 0.2) is 5.82 Å². The van der Waals surface area contributed by atoms with Gasteiger partial charge in [-0.15, -0.1) is 0 Å². The predicted molar refractivity (Wildman–Crippen MR) is 60.4 cm³/mol. The Hall–Kier alpha value is -2.57. The van der Waals surface area contributed by atoms with E-state index in [1.54, 1.807) is 29.0 Å². The Morgan fingerprint density at radius 2 is 2.35 bits per heavy atom. The van der Waals surface area contributed by atoms with E-state index in [0.29, 0.717) is 17.5 Å². The second kappa shape index (κ2) is 4.52. The van der Waals surface area contributed by atoms with Crippen molar-refractivity contribution in [1.29, 1.82) is 0 Å². The van der Waals surface area contributed by atoms with E-state index >= 15 is 0 Å². The van der Waals surface area contributed by atoms with Crippen LogP contribution in [0, 0.1) is 0 Å². The quantitative estimate of drug-likeness (QED) is 0.345. The van der Waals surface area contributed by atoms with Gasteiger partial charge >= 0.3 is 0 Å². The molecule has 3 N–H and O–H groups in total. The first-order chi connectivity index (χ1) is 8.26. The fourth-order valence-electron chi connectivity index (χ4n) is 1.37. The average molecular weight is 233 g/mol. The molecule has 0 amide bonds. The van der Waals surface area contributed by atoms with Gasteiger partial charge in [0.1, 0.15) is 5.82 Å². The first-order valence-corrected chi connectivity index (χ1v) is 4.79. The molecule has 7 heteroatoms. The van der Waals surface area contributed by atoms with Crippen LogP contribution in [0.2, 0.25) is 0 Å². The van der Waals surface area contributed by atoms with Gasteiger partial charge in [-0.2, -0.15) is 4.98 Å². The molecule has 0 fully saturated rings. The maximum atomic E-state index is 8.64. The minimum atomic E-state index is -0.0837. The number of aromatic nitrogens is 3. The summed E-state index contributed by atoms with van der Waals surface area (Å²) in [6.45, 7) is 0. The van der Waals surface area contributed by atoms with Crippen LogP contribution in [0.25, 0.3) is 5.82 Å². The summed E-state index contributed by atoms with van der Waals surface area (Å²) < 4.78 is 6.62. The van der Waals surface area contributed by atoms with Crippen molar-refractivity contribution >= 4 is 5.84 Å². The van der Waals surface area contributed by atoms with Gasteiger partial charge in [-0.05, 0) is 6.07 Å². The molecule has 2 aromatic rings. The van der Waals surface area contributed by atoms with Crippen LogP contribution in [0.3, 0.4) is 0 Å². The van der Waals surface area contributed by atoms with E-state index in [2.05, 4.69) is 15.1 Å². The van der Waals surface area contributed by atoms with Crippen molar-refractivity contribution in [2.24, 2.45) is 10.9 Å². The molecule has 0 aromatic carbocycles. The van der Waals surface area contributed by atoms with Crippen molar-refractivity contribution in [3.63, 3.8) is 0 Å². The Kier molecular flexibility index (Phi) is 2.91. The first kappa shape index (κ1) is 10.9. The summed E-state index contributed by atoms with van der Waals surface area (Å²) in [5.74, 6) is 1.28. The zero-order valence-corrected chi connectivity index (χ0v) is 9.11. The molecule has 0 atom stereocenters. The van der Waals surface area contributed by atoms with E-state index in [-0.39, 0.29) is 5.84 Å². The maximum absolute atomic E-state index is 8.64. The molecule has 2 aromatic heterocycles. The van der Waals surface area contributed by atoms with E-state index in [9.17, 15) is 0 Å². The minimum Gasteiger partial charge on any atom is -0.481 e. The third-order valence-electron chi connectivity index (χ3n) is 2.14. The summed E-state index contributed by atoms with van der Waals surface area (Å²) in [5, 5.41) is 11.6. The third kappa shape index (κ3) is 2.03. The van der Waals surface area contributed by atoms with Gasteiger partial charge in [0, 0.05) is 18.5 Å². The van der Waals surface area contributed by atoms with Crippen molar-refractivity contribution in [2.45, 2.75) is 0 Å². The number of amidine groups is 1. The maximum Gasteiger partial charge on any atom is 0.214 e. The molecule has 0 aliphatic rings. The Morgan fingerprint density at radius 3 is 3.06 bits per heavy atom. The van der Waals surface area contributed by atoms with Crippen molar-refractivity contribution in [1.82, 2.24) is 14.5 Å². The van der Waals surface area contributed by atoms with Crippen LogP contribution < -0.4 is 10.5 Å². The molecule has 88 valence electrons. The molecule has 0 saturated carbocycles. The monoisotopic (exact) mass is 233 g/mol. The van der Waals surface area contributed by atoms with E-state index < -0.39 is 0 Å². The number of nitrogens with two attached hydrogens (primary N) is 1. The van der Waals surface area contributed by atoms with Crippen LogP contribution in [-0.2, 0) is 0 Å². The van der Waals surface area contributed by atoms with E-state index in [4.69, 9.17) is 15.7 Å². The molecule has 0 unspecified atom stereocenters. The van der Waals surface area contributed by atoms with Crippen molar-refractivity contribution < 1.29 is 9.94 Å². The first-order valence-electron chi connectivity index (χ1n) is 4.79. The zero-order chi connectivity index (χ0) is 12.3.